The Morgan fingerprint density at radius 3 is 2.45 bits per heavy atom. The van der Waals surface area contributed by atoms with E-state index in [9.17, 15) is 13.5 Å². The quantitative estimate of drug-likeness (QED) is 0.692. The Bertz CT molecular complexity index is 553. The van der Waals surface area contributed by atoms with Gasteiger partial charge in [0.05, 0.1) is 16.8 Å². The van der Waals surface area contributed by atoms with Crippen molar-refractivity contribution in [2.45, 2.75) is 31.3 Å². The van der Waals surface area contributed by atoms with Crippen molar-refractivity contribution in [3.8, 4) is 0 Å². The third-order valence-electron chi connectivity index (χ3n) is 2.56. The lowest BCUT2D eigenvalue weighted by Crippen LogP contribution is -2.33. The van der Waals surface area contributed by atoms with Gasteiger partial charge in [0.2, 0.25) is 10.0 Å². The number of aliphatic hydroxyl groups is 1. The van der Waals surface area contributed by atoms with Gasteiger partial charge in [0, 0.05) is 11.6 Å². The topological polar surface area (TPSA) is 92.4 Å². The fraction of sp³-hybridized carbons (Fsp3) is 0.500. The second-order valence-corrected chi connectivity index (χ2v) is 7.49. The third kappa shape index (κ3) is 4.79. The zero-order chi connectivity index (χ0) is 15.5. The summed E-state index contributed by atoms with van der Waals surface area (Å²) < 4.78 is 26.6. The van der Waals surface area contributed by atoms with E-state index in [1.807, 2.05) is 13.8 Å². The molecule has 0 amide bonds. The molecule has 1 atom stereocenters. The third-order valence-corrected chi connectivity index (χ3v) is 4.73. The van der Waals surface area contributed by atoms with Crippen LogP contribution >= 0.6 is 23.2 Å². The van der Waals surface area contributed by atoms with Crippen LogP contribution in [0, 0.1) is 5.92 Å². The predicted octanol–water partition coefficient (Wildman–Crippen LogP) is 2.26. The van der Waals surface area contributed by atoms with E-state index in [1.54, 1.807) is 0 Å². The van der Waals surface area contributed by atoms with Crippen molar-refractivity contribution < 1.29 is 13.5 Å². The highest BCUT2D eigenvalue weighted by atomic mass is 35.5. The average molecular weight is 341 g/mol. The van der Waals surface area contributed by atoms with Gasteiger partial charge in [-0.2, -0.15) is 0 Å². The average Bonchev–Trinajstić information content (AvgIpc) is 2.23. The van der Waals surface area contributed by atoms with Crippen molar-refractivity contribution in [2.24, 2.45) is 5.92 Å². The van der Waals surface area contributed by atoms with Crippen molar-refractivity contribution in [1.29, 1.82) is 0 Å². The number of aliphatic hydroxyl groups excluding tert-OH is 1. The van der Waals surface area contributed by atoms with Gasteiger partial charge in [0.25, 0.3) is 0 Å². The minimum Gasteiger partial charge on any atom is -0.398 e. The van der Waals surface area contributed by atoms with Gasteiger partial charge in [-0.3, -0.25) is 0 Å². The monoisotopic (exact) mass is 340 g/mol. The molecule has 0 aliphatic carbocycles. The van der Waals surface area contributed by atoms with Crippen LogP contribution in [0.3, 0.4) is 0 Å². The lowest BCUT2D eigenvalue weighted by atomic mass is 10.1. The minimum absolute atomic E-state index is 0.0339. The maximum atomic E-state index is 12.1. The van der Waals surface area contributed by atoms with Gasteiger partial charge < -0.3 is 10.8 Å². The summed E-state index contributed by atoms with van der Waals surface area (Å²) >= 11 is 11.6. The summed E-state index contributed by atoms with van der Waals surface area (Å²) in [6.07, 6.45) is -0.274. The molecule has 5 nitrogen and oxygen atoms in total. The van der Waals surface area contributed by atoms with Crippen LogP contribution in [-0.2, 0) is 10.0 Å². The number of halogens is 2. The standard InChI is InChI=1S/C12H18Cl2N2O3S/c1-7(2)3-9(17)6-16-20(18,19)12-10(14)4-8(13)5-11(12)15/h4-5,7,9,16-17H,3,6,15H2,1-2H3. The Morgan fingerprint density at radius 2 is 1.95 bits per heavy atom. The van der Waals surface area contributed by atoms with Gasteiger partial charge >= 0.3 is 0 Å². The molecule has 0 saturated carbocycles. The second-order valence-electron chi connectivity index (χ2n) is 4.94. The van der Waals surface area contributed by atoms with Crippen LogP contribution in [0.2, 0.25) is 10.0 Å². The fourth-order valence-corrected chi connectivity index (χ4v) is 3.82. The summed E-state index contributed by atoms with van der Waals surface area (Å²) in [5, 5.41) is 9.90. The Labute approximate surface area is 129 Å². The zero-order valence-corrected chi connectivity index (χ0v) is 13.6. The Balaban J connectivity index is 2.90. The number of hydrogen-bond donors (Lipinski definition) is 3. The molecule has 0 fully saturated rings. The van der Waals surface area contributed by atoms with E-state index in [4.69, 9.17) is 28.9 Å². The maximum Gasteiger partial charge on any atom is 0.244 e. The zero-order valence-electron chi connectivity index (χ0n) is 11.2. The number of sulfonamides is 1. The number of nitrogens with one attached hydrogen (secondary N) is 1. The molecule has 1 unspecified atom stereocenters. The van der Waals surface area contributed by atoms with Crippen LogP contribution in [0.25, 0.3) is 0 Å². The van der Waals surface area contributed by atoms with Crippen LogP contribution in [0.5, 0.6) is 0 Å². The molecule has 0 saturated heterocycles. The van der Waals surface area contributed by atoms with E-state index in [2.05, 4.69) is 4.72 Å². The first kappa shape index (κ1) is 17.5. The Morgan fingerprint density at radius 1 is 1.35 bits per heavy atom. The highest BCUT2D eigenvalue weighted by Crippen LogP contribution is 2.30. The molecular formula is C12H18Cl2N2O3S. The summed E-state index contributed by atoms with van der Waals surface area (Å²) in [5.74, 6) is 0.263. The van der Waals surface area contributed by atoms with Crippen molar-refractivity contribution in [3.63, 3.8) is 0 Å². The number of hydrogen-bond acceptors (Lipinski definition) is 4. The van der Waals surface area contributed by atoms with Gasteiger partial charge in [-0.15, -0.1) is 0 Å². The highest BCUT2D eigenvalue weighted by Gasteiger charge is 2.23. The van der Waals surface area contributed by atoms with Crippen LogP contribution in [0.15, 0.2) is 17.0 Å². The Hall–Kier alpha value is -0.530. The lowest BCUT2D eigenvalue weighted by Gasteiger charge is -2.15. The van der Waals surface area contributed by atoms with E-state index in [0.29, 0.717) is 6.42 Å². The fourth-order valence-electron chi connectivity index (χ4n) is 1.77. The Kier molecular flexibility index (Phi) is 6.09. The summed E-state index contributed by atoms with van der Waals surface area (Å²) in [4.78, 5) is -0.222. The summed E-state index contributed by atoms with van der Waals surface area (Å²) in [6.45, 7) is 3.77. The van der Waals surface area contributed by atoms with Crippen LogP contribution < -0.4 is 10.5 Å². The first-order chi connectivity index (χ1) is 9.13. The minimum atomic E-state index is -3.89. The lowest BCUT2D eigenvalue weighted by molar-refractivity contribution is 0.152. The first-order valence-corrected chi connectivity index (χ1v) is 8.29. The van der Waals surface area contributed by atoms with E-state index in [0.717, 1.165) is 0 Å². The number of nitrogens with two attached hydrogens (primary N) is 1. The molecule has 114 valence electrons. The van der Waals surface area contributed by atoms with E-state index < -0.39 is 16.1 Å². The molecule has 0 aliphatic rings. The molecule has 1 rings (SSSR count). The predicted molar refractivity (Wildman–Crippen MR) is 81.5 cm³/mol. The number of nitrogen functional groups attached to an aromatic ring is 1. The summed E-state index contributed by atoms with van der Waals surface area (Å²) in [7, 11) is -3.89. The van der Waals surface area contributed by atoms with Gasteiger partial charge in [-0.25, -0.2) is 13.1 Å². The van der Waals surface area contributed by atoms with Crippen molar-refractivity contribution in [2.75, 3.05) is 12.3 Å². The van der Waals surface area contributed by atoms with Gasteiger partial charge in [0.15, 0.2) is 0 Å². The van der Waals surface area contributed by atoms with E-state index in [1.165, 1.54) is 12.1 Å². The molecule has 4 N–H and O–H groups in total. The van der Waals surface area contributed by atoms with Gasteiger partial charge in [0.1, 0.15) is 4.90 Å². The second kappa shape index (κ2) is 6.95. The van der Waals surface area contributed by atoms with E-state index in [-0.39, 0.29) is 33.1 Å². The van der Waals surface area contributed by atoms with Crippen molar-refractivity contribution in [1.82, 2.24) is 4.72 Å². The number of rotatable bonds is 6. The van der Waals surface area contributed by atoms with Gasteiger partial charge in [-0.05, 0) is 24.5 Å². The molecule has 0 spiro atoms. The summed E-state index contributed by atoms with van der Waals surface area (Å²) in [6, 6.07) is 2.62. The normalized spacial score (nSPS) is 13.7. The molecule has 1 aromatic rings. The van der Waals surface area contributed by atoms with Crippen molar-refractivity contribution in [3.05, 3.63) is 22.2 Å². The SMILES string of the molecule is CC(C)CC(O)CNS(=O)(=O)c1c(N)cc(Cl)cc1Cl. The molecule has 0 aliphatic heterocycles. The van der Waals surface area contributed by atoms with Crippen LogP contribution in [-0.4, -0.2) is 26.2 Å². The first-order valence-electron chi connectivity index (χ1n) is 6.05. The summed E-state index contributed by atoms with van der Waals surface area (Å²) in [5.41, 5.74) is 5.61. The molecule has 0 radical (unpaired) electrons. The molecule has 1 aromatic carbocycles. The highest BCUT2D eigenvalue weighted by molar-refractivity contribution is 7.89. The largest absolute Gasteiger partial charge is 0.398 e. The van der Waals surface area contributed by atoms with Crippen LogP contribution in [0.4, 0.5) is 5.69 Å². The van der Waals surface area contributed by atoms with Crippen LogP contribution in [0.1, 0.15) is 20.3 Å². The molecule has 0 aromatic heterocycles. The molecule has 8 heteroatoms. The van der Waals surface area contributed by atoms with E-state index >= 15 is 0 Å². The number of anilines is 1. The maximum absolute atomic E-state index is 12.1. The number of benzene rings is 1. The van der Waals surface area contributed by atoms with Gasteiger partial charge in [-0.1, -0.05) is 37.0 Å². The van der Waals surface area contributed by atoms with Crippen molar-refractivity contribution >= 4 is 38.9 Å². The smallest absolute Gasteiger partial charge is 0.244 e. The molecule has 20 heavy (non-hydrogen) atoms. The molecule has 0 heterocycles. The molecular weight excluding hydrogens is 323 g/mol. The molecule has 0 bridgehead atoms.